The molecule has 108 valence electrons. The molecule has 0 radical (unpaired) electrons. The van der Waals surface area contributed by atoms with Crippen molar-refractivity contribution in [1.82, 2.24) is 4.98 Å². The summed E-state index contributed by atoms with van der Waals surface area (Å²) in [6.07, 6.45) is 1.81. The highest BCUT2D eigenvalue weighted by Crippen LogP contribution is 2.50. The van der Waals surface area contributed by atoms with Gasteiger partial charge in [-0.3, -0.25) is 4.90 Å². The van der Waals surface area contributed by atoms with Gasteiger partial charge >= 0.3 is 0 Å². The van der Waals surface area contributed by atoms with Crippen molar-refractivity contribution in [1.29, 1.82) is 0 Å². The fourth-order valence-electron chi connectivity index (χ4n) is 2.76. The molecule has 22 heavy (non-hydrogen) atoms. The fraction of sp³-hybridized carbons (Fsp3) is 0.105. The Labute approximate surface area is 129 Å². The van der Waals surface area contributed by atoms with Gasteiger partial charge in [-0.2, -0.15) is 0 Å². The molecule has 1 aliphatic rings. The van der Waals surface area contributed by atoms with Crippen molar-refractivity contribution < 1.29 is 4.74 Å². The van der Waals surface area contributed by atoms with Crippen molar-refractivity contribution in [2.24, 2.45) is 0 Å². The number of pyridine rings is 1. The smallest absolute Gasteiger partial charge is 0.151 e. The van der Waals surface area contributed by atoms with Crippen LogP contribution in [0.4, 0.5) is 17.2 Å². The number of benzene rings is 2. The lowest BCUT2D eigenvalue weighted by atomic mass is 10.1. The van der Waals surface area contributed by atoms with Crippen molar-refractivity contribution in [2.75, 3.05) is 4.90 Å². The molecule has 0 fully saturated rings. The molecule has 0 saturated heterocycles. The van der Waals surface area contributed by atoms with Gasteiger partial charge in [-0.25, -0.2) is 4.98 Å². The Morgan fingerprint density at radius 3 is 2.00 bits per heavy atom. The average Bonchev–Trinajstić information content (AvgIpc) is 2.53. The van der Waals surface area contributed by atoms with Crippen molar-refractivity contribution in [3.63, 3.8) is 0 Å². The van der Waals surface area contributed by atoms with E-state index in [0.717, 1.165) is 28.7 Å². The maximum absolute atomic E-state index is 6.12. The Balaban J connectivity index is 1.97. The summed E-state index contributed by atoms with van der Waals surface area (Å²) in [7, 11) is 0. The third kappa shape index (κ3) is 2.02. The summed E-state index contributed by atoms with van der Waals surface area (Å²) in [5, 5.41) is 0. The zero-order valence-electron chi connectivity index (χ0n) is 12.6. The van der Waals surface area contributed by atoms with Gasteiger partial charge in [-0.15, -0.1) is 0 Å². The topological polar surface area (TPSA) is 25.4 Å². The van der Waals surface area contributed by atoms with Crippen molar-refractivity contribution >= 4 is 17.2 Å². The summed E-state index contributed by atoms with van der Waals surface area (Å²) in [5.74, 6) is 2.62. The number of hydrogen-bond acceptors (Lipinski definition) is 3. The molecule has 2 heterocycles. The zero-order chi connectivity index (χ0) is 15.1. The SMILES string of the molecule is Cc1ccc2c(c1)Oc1cc(C)ccc1N2c1ccccn1. The van der Waals surface area contributed by atoms with E-state index >= 15 is 0 Å². The number of hydrogen-bond donors (Lipinski definition) is 0. The van der Waals surface area contributed by atoms with Crippen LogP contribution >= 0.6 is 0 Å². The predicted molar refractivity (Wildman–Crippen MR) is 88.5 cm³/mol. The minimum Gasteiger partial charge on any atom is -0.453 e. The van der Waals surface area contributed by atoms with Crippen LogP contribution in [-0.4, -0.2) is 4.98 Å². The highest BCUT2D eigenvalue weighted by molar-refractivity contribution is 5.85. The van der Waals surface area contributed by atoms with Gasteiger partial charge in [0, 0.05) is 6.20 Å². The molecule has 0 N–H and O–H groups in total. The molecule has 1 aliphatic heterocycles. The van der Waals surface area contributed by atoms with E-state index in [9.17, 15) is 0 Å². The number of aromatic nitrogens is 1. The summed E-state index contributed by atoms with van der Waals surface area (Å²) in [5.41, 5.74) is 4.38. The van der Waals surface area contributed by atoms with Gasteiger partial charge < -0.3 is 4.74 Å². The Morgan fingerprint density at radius 1 is 0.818 bits per heavy atom. The maximum Gasteiger partial charge on any atom is 0.151 e. The summed E-state index contributed by atoms with van der Waals surface area (Å²) in [6.45, 7) is 4.14. The van der Waals surface area contributed by atoms with Gasteiger partial charge in [0.25, 0.3) is 0 Å². The van der Waals surface area contributed by atoms with E-state index in [1.54, 1.807) is 0 Å². The molecular formula is C19H16N2O. The van der Waals surface area contributed by atoms with Gasteiger partial charge in [0.2, 0.25) is 0 Å². The van der Waals surface area contributed by atoms with E-state index in [1.165, 1.54) is 11.1 Å². The Morgan fingerprint density at radius 2 is 1.45 bits per heavy atom. The standard InChI is InChI=1S/C19H16N2O/c1-13-6-8-15-17(11-13)22-18-12-14(2)7-9-16(18)21(15)19-5-3-4-10-20-19/h3-12H,1-2H3. The summed E-state index contributed by atoms with van der Waals surface area (Å²) in [4.78, 5) is 6.66. The normalized spacial score (nSPS) is 12.4. The number of anilines is 3. The lowest BCUT2D eigenvalue weighted by Crippen LogP contribution is -2.16. The molecule has 2 aromatic carbocycles. The second-order valence-corrected chi connectivity index (χ2v) is 5.57. The molecule has 0 saturated carbocycles. The first-order valence-corrected chi connectivity index (χ1v) is 7.33. The highest BCUT2D eigenvalue weighted by Gasteiger charge is 2.26. The number of nitrogens with zero attached hydrogens (tertiary/aromatic N) is 2. The zero-order valence-corrected chi connectivity index (χ0v) is 12.6. The monoisotopic (exact) mass is 288 g/mol. The molecule has 1 aromatic heterocycles. The lowest BCUT2D eigenvalue weighted by Gasteiger charge is -2.32. The largest absolute Gasteiger partial charge is 0.453 e. The van der Waals surface area contributed by atoms with Crippen molar-refractivity contribution in [3.05, 3.63) is 71.9 Å². The number of ether oxygens (including phenoxy) is 1. The van der Waals surface area contributed by atoms with Gasteiger partial charge in [0.05, 0.1) is 11.4 Å². The van der Waals surface area contributed by atoms with Crippen LogP contribution < -0.4 is 9.64 Å². The molecule has 0 atom stereocenters. The first-order chi connectivity index (χ1) is 10.7. The Hall–Kier alpha value is -2.81. The third-order valence-corrected chi connectivity index (χ3v) is 3.81. The van der Waals surface area contributed by atoms with Crippen LogP contribution in [0.15, 0.2) is 60.8 Å². The van der Waals surface area contributed by atoms with Crippen LogP contribution in [0.2, 0.25) is 0 Å². The molecule has 0 aliphatic carbocycles. The molecular weight excluding hydrogens is 272 g/mol. The van der Waals surface area contributed by atoms with Crippen LogP contribution in [0.25, 0.3) is 0 Å². The molecule has 4 rings (SSSR count). The number of aryl methyl sites for hydroxylation is 2. The highest BCUT2D eigenvalue weighted by atomic mass is 16.5. The van der Waals surface area contributed by atoms with Crippen molar-refractivity contribution in [3.8, 4) is 11.5 Å². The second kappa shape index (κ2) is 4.88. The van der Waals surface area contributed by atoms with Crippen LogP contribution in [0.5, 0.6) is 11.5 Å². The van der Waals surface area contributed by atoms with Crippen LogP contribution in [-0.2, 0) is 0 Å². The molecule has 0 bridgehead atoms. The molecule has 3 aromatic rings. The molecule has 3 heteroatoms. The summed E-state index contributed by atoms with van der Waals surface area (Å²) < 4.78 is 6.12. The van der Waals surface area contributed by atoms with E-state index in [2.05, 4.69) is 60.1 Å². The van der Waals surface area contributed by atoms with E-state index in [0.29, 0.717) is 0 Å². The van der Waals surface area contributed by atoms with Crippen LogP contribution in [0, 0.1) is 13.8 Å². The summed E-state index contributed by atoms with van der Waals surface area (Å²) >= 11 is 0. The summed E-state index contributed by atoms with van der Waals surface area (Å²) in [6, 6.07) is 18.4. The Kier molecular flexibility index (Phi) is 2.86. The van der Waals surface area contributed by atoms with Crippen LogP contribution in [0.1, 0.15) is 11.1 Å². The molecule has 3 nitrogen and oxygen atoms in total. The quantitative estimate of drug-likeness (QED) is 0.477. The fourth-order valence-corrected chi connectivity index (χ4v) is 2.76. The predicted octanol–water partition coefficient (Wildman–Crippen LogP) is 5.27. The number of fused-ring (bicyclic) bond motifs is 2. The second-order valence-electron chi connectivity index (χ2n) is 5.57. The van der Waals surface area contributed by atoms with Gasteiger partial charge in [0.15, 0.2) is 11.5 Å². The van der Waals surface area contributed by atoms with Gasteiger partial charge in [-0.05, 0) is 61.4 Å². The molecule has 0 unspecified atom stereocenters. The minimum atomic E-state index is 0.865. The van der Waals surface area contributed by atoms with Crippen molar-refractivity contribution in [2.45, 2.75) is 13.8 Å². The number of rotatable bonds is 1. The van der Waals surface area contributed by atoms with E-state index in [1.807, 2.05) is 24.4 Å². The van der Waals surface area contributed by atoms with Crippen LogP contribution in [0.3, 0.4) is 0 Å². The van der Waals surface area contributed by atoms with E-state index in [-0.39, 0.29) is 0 Å². The molecule has 0 spiro atoms. The maximum atomic E-state index is 6.12. The third-order valence-electron chi connectivity index (χ3n) is 3.81. The Bertz CT molecular complexity index is 792. The first kappa shape index (κ1) is 12.9. The van der Waals surface area contributed by atoms with Gasteiger partial charge in [0.1, 0.15) is 5.82 Å². The lowest BCUT2D eigenvalue weighted by molar-refractivity contribution is 0.476. The minimum absolute atomic E-state index is 0.865. The van der Waals surface area contributed by atoms with Gasteiger partial charge in [-0.1, -0.05) is 18.2 Å². The average molecular weight is 288 g/mol. The molecule has 0 amide bonds. The first-order valence-electron chi connectivity index (χ1n) is 7.33. The van der Waals surface area contributed by atoms with E-state index < -0.39 is 0 Å². The van der Waals surface area contributed by atoms with E-state index in [4.69, 9.17) is 4.74 Å².